The van der Waals surface area contributed by atoms with E-state index in [2.05, 4.69) is 59.7 Å². The van der Waals surface area contributed by atoms with Crippen LogP contribution < -0.4 is 14.5 Å². The summed E-state index contributed by atoms with van der Waals surface area (Å²) in [6.07, 6.45) is 4.14. The highest BCUT2D eigenvalue weighted by Crippen LogP contribution is 2.39. The van der Waals surface area contributed by atoms with Crippen LogP contribution in [0.2, 0.25) is 10.0 Å². The lowest BCUT2D eigenvalue weighted by Crippen LogP contribution is -2.46. The van der Waals surface area contributed by atoms with Gasteiger partial charge in [0.2, 0.25) is 0 Å². The maximum atomic E-state index is 6.64. The Morgan fingerprint density at radius 2 is 1.57 bits per heavy atom. The molecule has 0 bridgehead atoms. The molecule has 2 fully saturated rings. The molecule has 0 radical (unpaired) electrons. The molecule has 0 unspecified atom stereocenters. The lowest BCUT2D eigenvalue weighted by Gasteiger charge is -2.37. The zero-order valence-corrected chi connectivity index (χ0v) is 25.1. The average Bonchev–Trinajstić information content (AvgIpc) is 3.85. The van der Waals surface area contributed by atoms with Crippen LogP contribution >= 0.6 is 23.2 Å². The number of hydrogen-bond acceptors (Lipinski definition) is 10. The number of anilines is 2. The molecule has 14 heteroatoms. The zero-order chi connectivity index (χ0) is 29.9. The van der Waals surface area contributed by atoms with E-state index in [1.54, 1.807) is 34.2 Å². The molecule has 7 rings (SSSR count). The Morgan fingerprint density at radius 1 is 0.864 bits per heavy atom. The smallest absolute Gasteiger partial charge is 0.178 e. The van der Waals surface area contributed by atoms with Crippen LogP contribution in [0.3, 0.4) is 0 Å². The molecule has 5 aromatic rings. The molecular weight excluding hydrogens is 605 g/mol. The highest BCUT2D eigenvalue weighted by Gasteiger charge is 2.45. The second kappa shape index (κ2) is 12.4. The summed E-state index contributed by atoms with van der Waals surface area (Å²) >= 11 is 12.8. The molecule has 12 nitrogen and oxygen atoms in total. The van der Waals surface area contributed by atoms with Gasteiger partial charge in [0.15, 0.2) is 11.9 Å². The summed E-state index contributed by atoms with van der Waals surface area (Å²) in [4.78, 5) is 8.77. The molecule has 226 valence electrons. The van der Waals surface area contributed by atoms with Crippen molar-refractivity contribution < 1.29 is 14.2 Å². The highest BCUT2D eigenvalue weighted by molar-refractivity contribution is 6.35. The highest BCUT2D eigenvalue weighted by atomic mass is 35.5. The molecule has 0 N–H and O–H groups in total. The molecule has 2 aliphatic rings. The number of aromatic nitrogens is 7. The summed E-state index contributed by atoms with van der Waals surface area (Å²) in [5.41, 5.74) is 3.09. The van der Waals surface area contributed by atoms with E-state index in [-0.39, 0.29) is 13.2 Å². The van der Waals surface area contributed by atoms with Crippen molar-refractivity contribution in [2.24, 2.45) is 0 Å². The standard InChI is InChI=1S/C30H29Cl2N9O3/c31-22-1-10-27(28(32)15-22)30(18-43-29(44-30)16-40-20-33-19-35-40)17-42-26-8-6-24(7-9-26)39-13-11-38(12-14-39)23-2-4-25(5-3-23)41-21-34-36-37-41/h1-10,15,19-21,29H,11-14,16-18H2/t29-,30+/m0/s1. The van der Waals surface area contributed by atoms with Crippen LogP contribution in [0.25, 0.3) is 5.69 Å². The fourth-order valence-electron chi connectivity index (χ4n) is 5.54. The van der Waals surface area contributed by atoms with Gasteiger partial charge >= 0.3 is 0 Å². The van der Waals surface area contributed by atoms with Gasteiger partial charge < -0.3 is 24.0 Å². The Labute approximate surface area is 263 Å². The molecule has 4 heterocycles. The minimum Gasteiger partial charge on any atom is -0.490 e. The van der Waals surface area contributed by atoms with Gasteiger partial charge in [-0.1, -0.05) is 29.3 Å². The van der Waals surface area contributed by atoms with Crippen molar-refractivity contribution >= 4 is 34.6 Å². The predicted octanol–water partition coefficient (Wildman–Crippen LogP) is 4.23. The first kappa shape index (κ1) is 28.5. The van der Waals surface area contributed by atoms with Crippen molar-refractivity contribution in [1.29, 1.82) is 0 Å². The maximum Gasteiger partial charge on any atom is 0.178 e. The van der Waals surface area contributed by atoms with Crippen molar-refractivity contribution in [3.05, 3.63) is 101 Å². The summed E-state index contributed by atoms with van der Waals surface area (Å²) in [6.45, 7) is 4.50. The number of tetrazole rings is 1. The number of ether oxygens (including phenoxy) is 3. The predicted molar refractivity (Wildman–Crippen MR) is 165 cm³/mol. The van der Waals surface area contributed by atoms with Gasteiger partial charge in [-0.3, -0.25) is 0 Å². The van der Waals surface area contributed by atoms with Gasteiger partial charge in [-0.25, -0.2) is 14.3 Å². The number of benzene rings is 3. The van der Waals surface area contributed by atoms with E-state index in [9.17, 15) is 0 Å². The van der Waals surface area contributed by atoms with Crippen molar-refractivity contribution in [2.75, 3.05) is 49.2 Å². The molecule has 0 aliphatic carbocycles. The van der Waals surface area contributed by atoms with E-state index in [0.717, 1.165) is 48.9 Å². The van der Waals surface area contributed by atoms with Crippen molar-refractivity contribution in [1.82, 2.24) is 35.0 Å². The van der Waals surface area contributed by atoms with Crippen LogP contribution in [0.1, 0.15) is 5.56 Å². The molecule has 2 atom stereocenters. The van der Waals surface area contributed by atoms with E-state index < -0.39 is 11.9 Å². The van der Waals surface area contributed by atoms with Crippen molar-refractivity contribution in [3.8, 4) is 11.4 Å². The van der Waals surface area contributed by atoms with Crippen molar-refractivity contribution in [2.45, 2.75) is 18.4 Å². The Kier molecular flexibility index (Phi) is 8.05. The molecule has 3 aromatic carbocycles. The first-order chi connectivity index (χ1) is 21.5. The molecular formula is C30H29Cl2N9O3. The summed E-state index contributed by atoms with van der Waals surface area (Å²) < 4.78 is 22.1. The van der Waals surface area contributed by atoms with Crippen LogP contribution in [0, 0.1) is 0 Å². The van der Waals surface area contributed by atoms with Gasteiger partial charge in [0.05, 0.1) is 18.8 Å². The fourth-order valence-corrected chi connectivity index (χ4v) is 6.12. The number of rotatable bonds is 9. The monoisotopic (exact) mass is 633 g/mol. The van der Waals surface area contributed by atoms with Crippen molar-refractivity contribution in [3.63, 3.8) is 0 Å². The Hall–Kier alpha value is -4.23. The molecule has 0 spiro atoms. The normalized spacial score (nSPS) is 20.3. The van der Waals surface area contributed by atoms with Gasteiger partial charge in [-0.05, 0) is 71.1 Å². The molecule has 0 saturated carbocycles. The van der Waals surface area contributed by atoms with Crippen LogP contribution in [0.5, 0.6) is 5.75 Å². The van der Waals surface area contributed by atoms with Gasteiger partial charge in [-0.15, -0.1) is 5.10 Å². The SMILES string of the molecule is Clc1ccc([C@@]2(COc3ccc(N4CCN(c5ccc(-n6cnnn6)cc5)CC4)cc3)CO[C@H](Cn3cncn3)O2)c(Cl)c1. The van der Waals surface area contributed by atoms with E-state index in [1.807, 2.05) is 30.3 Å². The Morgan fingerprint density at radius 3 is 2.20 bits per heavy atom. The first-order valence-electron chi connectivity index (χ1n) is 14.2. The Bertz CT molecular complexity index is 1660. The second-order valence-corrected chi connectivity index (χ2v) is 11.5. The Balaban J connectivity index is 0.981. The third kappa shape index (κ3) is 6.06. The lowest BCUT2D eigenvalue weighted by molar-refractivity contribution is -0.113. The number of halogens is 2. The van der Waals surface area contributed by atoms with E-state index in [0.29, 0.717) is 16.6 Å². The minimum atomic E-state index is -0.924. The van der Waals surface area contributed by atoms with Crippen LogP contribution in [0.15, 0.2) is 85.7 Å². The van der Waals surface area contributed by atoms with E-state index in [4.69, 9.17) is 37.4 Å². The molecule has 0 amide bonds. The van der Waals surface area contributed by atoms with Gasteiger partial charge in [-0.2, -0.15) is 5.10 Å². The molecule has 2 saturated heterocycles. The summed E-state index contributed by atoms with van der Waals surface area (Å²) in [7, 11) is 0. The van der Waals surface area contributed by atoms with Crippen LogP contribution in [-0.2, 0) is 21.6 Å². The van der Waals surface area contributed by atoms with Gasteiger partial charge in [0.1, 0.15) is 31.3 Å². The maximum absolute atomic E-state index is 6.64. The van der Waals surface area contributed by atoms with E-state index >= 15 is 0 Å². The summed E-state index contributed by atoms with van der Waals surface area (Å²) in [6, 6.07) is 21.8. The lowest BCUT2D eigenvalue weighted by atomic mass is 9.95. The van der Waals surface area contributed by atoms with Crippen LogP contribution in [-0.4, -0.2) is 80.7 Å². The topological polar surface area (TPSA) is 108 Å². The number of nitrogens with zero attached hydrogens (tertiary/aromatic N) is 9. The second-order valence-electron chi connectivity index (χ2n) is 10.6. The third-order valence-corrected chi connectivity index (χ3v) is 8.41. The minimum absolute atomic E-state index is 0.201. The summed E-state index contributed by atoms with van der Waals surface area (Å²) in [5, 5.41) is 16.5. The number of piperazine rings is 1. The molecule has 44 heavy (non-hydrogen) atoms. The van der Waals surface area contributed by atoms with E-state index in [1.165, 1.54) is 12.0 Å². The quantitative estimate of drug-likeness (QED) is 0.234. The van der Waals surface area contributed by atoms with Gasteiger partial charge in [0.25, 0.3) is 0 Å². The molecule has 2 aliphatic heterocycles. The molecule has 2 aromatic heterocycles. The summed E-state index contributed by atoms with van der Waals surface area (Å²) in [5.74, 6) is 0.725. The van der Waals surface area contributed by atoms with Crippen LogP contribution in [0.4, 0.5) is 11.4 Å². The number of hydrogen-bond donors (Lipinski definition) is 0. The third-order valence-electron chi connectivity index (χ3n) is 7.87. The largest absolute Gasteiger partial charge is 0.490 e. The first-order valence-corrected chi connectivity index (χ1v) is 14.9. The zero-order valence-electron chi connectivity index (χ0n) is 23.6. The average molecular weight is 635 g/mol. The van der Waals surface area contributed by atoms with Gasteiger partial charge in [0, 0.05) is 53.2 Å². The fraction of sp³-hybridized carbons (Fsp3) is 0.300.